The minimum Gasteiger partial charge on any atom is -0.375 e. The van der Waals surface area contributed by atoms with Crippen LogP contribution in [0.5, 0.6) is 0 Å². The van der Waals surface area contributed by atoms with Gasteiger partial charge in [-0.3, -0.25) is 0 Å². The zero-order valence-electron chi connectivity index (χ0n) is 12.9. The van der Waals surface area contributed by atoms with Crippen LogP contribution in [0.15, 0.2) is 6.07 Å². The largest absolute Gasteiger partial charge is 0.375 e. The molecule has 0 amide bonds. The van der Waals surface area contributed by atoms with Crippen molar-refractivity contribution in [1.82, 2.24) is 0 Å². The maximum atomic E-state index is 6.68. The van der Waals surface area contributed by atoms with Gasteiger partial charge >= 0.3 is 0 Å². The van der Waals surface area contributed by atoms with E-state index in [9.17, 15) is 0 Å². The number of fused-ring (bicyclic) bond motifs is 1. The highest BCUT2D eigenvalue weighted by Crippen LogP contribution is 2.45. The van der Waals surface area contributed by atoms with Crippen molar-refractivity contribution in [3.8, 4) is 0 Å². The fourth-order valence-corrected chi connectivity index (χ4v) is 6.02. The van der Waals surface area contributed by atoms with Crippen LogP contribution in [-0.2, 0) is 17.6 Å². The molecular formula is C18H27NOS. The second-order valence-electron chi connectivity index (χ2n) is 7.32. The van der Waals surface area contributed by atoms with Crippen molar-refractivity contribution in [2.24, 2.45) is 11.7 Å². The van der Waals surface area contributed by atoms with Gasteiger partial charge in [0.15, 0.2) is 0 Å². The number of aryl methyl sites for hydroxylation is 2. The topological polar surface area (TPSA) is 35.2 Å². The molecule has 3 heteroatoms. The van der Waals surface area contributed by atoms with Crippen LogP contribution < -0.4 is 5.73 Å². The molecule has 2 atom stereocenters. The number of hydrogen-bond acceptors (Lipinski definition) is 3. The summed E-state index contributed by atoms with van der Waals surface area (Å²) in [5.41, 5.74) is 8.44. The van der Waals surface area contributed by atoms with Crippen molar-refractivity contribution in [1.29, 1.82) is 0 Å². The van der Waals surface area contributed by atoms with Gasteiger partial charge in [0.05, 0.1) is 5.60 Å². The average molecular weight is 305 g/mol. The Hall–Kier alpha value is -0.380. The highest BCUT2D eigenvalue weighted by molar-refractivity contribution is 7.12. The lowest BCUT2D eigenvalue weighted by atomic mass is 9.74. The van der Waals surface area contributed by atoms with Crippen molar-refractivity contribution in [2.75, 3.05) is 6.61 Å². The molecule has 4 rings (SSSR count). The molecule has 2 nitrogen and oxygen atoms in total. The molecular weight excluding hydrogens is 278 g/mol. The summed E-state index contributed by atoms with van der Waals surface area (Å²) in [6.45, 7) is 0.920. The van der Waals surface area contributed by atoms with Crippen molar-refractivity contribution < 1.29 is 4.74 Å². The second kappa shape index (κ2) is 5.68. The fourth-order valence-electron chi connectivity index (χ4n) is 4.67. The van der Waals surface area contributed by atoms with E-state index < -0.39 is 0 Å². The van der Waals surface area contributed by atoms with Crippen LogP contribution in [-0.4, -0.2) is 12.2 Å². The predicted molar refractivity (Wildman–Crippen MR) is 87.8 cm³/mol. The Balaban J connectivity index is 1.49. The molecule has 0 bridgehead atoms. The summed E-state index contributed by atoms with van der Waals surface area (Å²) in [6, 6.07) is 2.66. The zero-order valence-corrected chi connectivity index (χ0v) is 13.7. The van der Waals surface area contributed by atoms with E-state index in [1.54, 1.807) is 10.4 Å². The third kappa shape index (κ3) is 2.69. The van der Waals surface area contributed by atoms with Crippen molar-refractivity contribution in [2.45, 2.75) is 75.9 Å². The van der Waals surface area contributed by atoms with E-state index in [0.29, 0.717) is 5.92 Å². The average Bonchev–Trinajstić information content (AvgIpc) is 3.08. The molecule has 21 heavy (non-hydrogen) atoms. The highest BCUT2D eigenvalue weighted by atomic mass is 32.1. The molecule has 1 aromatic heterocycles. The van der Waals surface area contributed by atoms with E-state index in [2.05, 4.69) is 6.07 Å². The minimum atomic E-state index is 0.179. The molecule has 1 spiro atoms. The van der Waals surface area contributed by atoms with Crippen molar-refractivity contribution in [3.63, 3.8) is 0 Å². The first-order chi connectivity index (χ1) is 10.3. The zero-order chi connectivity index (χ0) is 14.3. The van der Waals surface area contributed by atoms with E-state index in [4.69, 9.17) is 10.5 Å². The van der Waals surface area contributed by atoms with Crippen LogP contribution in [0, 0.1) is 5.92 Å². The van der Waals surface area contributed by atoms with Gasteiger partial charge in [-0.2, -0.15) is 0 Å². The molecule has 1 aliphatic heterocycles. The van der Waals surface area contributed by atoms with Gasteiger partial charge in [0.1, 0.15) is 0 Å². The van der Waals surface area contributed by atoms with E-state index in [1.807, 2.05) is 11.3 Å². The Morgan fingerprint density at radius 3 is 2.86 bits per heavy atom. The normalized spacial score (nSPS) is 29.5. The minimum absolute atomic E-state index is 0.179. The maximum absolute atomic E-state index is 6.68. The predicted octanol–water partition coefficient (Wildman–Crippen LogP) is 4.37. The van der Waals surface area contributed by atoms with Crippen LogP contribution in [0.4, 0.5) is 0 Å². The lowest BCUT2D eigenvalue weighted by Crippen LogP contribution is -2.43. The number of rotatable bonds is 2. The number of hydrogen-bond donors (Lipinski definition) is 1. The number of nitrogens with two attached hydrogens (primary N) is 1. The summed E-state index contributed by atoms with van der Waals surface area (Å²) in [5.74, 6) is 0.621. The van der Waals surface area contributed by atoms with Crippen LogP contribution in [0.25, 0.3) is 0 Å². The van der Waals surface area contributed by atoms with Gasteiger partial charge in [0.25, 0.3) is 0 Å². The monoisotopic (exact) mass is 305 g/mol. The molecule has 3 aliphatic rings. The molecule has 2 fully saturated rings. The lowest BCUT2D eigenvalue weighted by Gasteiger charge is -2.44. The molecule has 0 aromatic carbocycles. The van der Waals surface area contributed by atoms with Gasteiger partial charge in [0.2, 0.25) is 0 Å². The number of thiophene rings is 1. The Morgan fingerprint density at radius 1 is 1.19 bits per heavy atom. The van der Waals surface area contributed by atoms with Gasteiger partial charge in [-0.1, -0.05) is 19.3 Å². The summed E-state index contributed by atoms with van der Waals surface area (Å²) in [7, 11) is 0. The Labute approximate surface area is 132 Å². The first-order valence-corrected chi connectivity index (χ1v) is 9.58. The molecule has 2 heterocycles. The SMILES string of the molecule is NC(c1cc2c(s1)CCC2)C1CCOC2(CCCCC2)C1. The summed E-state index contributed by atoms with van der Waals surface area (Å²) in [6.07, 6.45) is 12.8. The standard InChI is InChI=1S/C18H27NOS/c19-17(16-11-13-5-4-6-15(13)21-16)14-7-10-20-18(12-14)8-2-1-3-9-18/h11,14,17H,1-10,12,19H2. The van der Waals surface area contributed by atoms with Crippen LogP contribution >= 0.6 is 11.3 Å². The van der Waals surface area contributed by atoms with Crippen LogP contribution in [0.3, 0.4) is 0 Å². The van der Waals surface area contributed by atoms with Gasteiger partial charge in [-0.15, -0.1) is 11.3 Å². The first kappa shape index (κ1) is 14.2. The van der Waals surface area contributed by atoms with Crippen LogP contribution in [0.1, 0.15) is 72.7 Å². The third-order valence-electron chi connectivity index (χ3n) is 5.90. The fraction of sp³-hybridized carbons (Fsp3) is 0.778. The summed E-state index contributed by atoms with van der Waals surface area (Å²) in [5, 5.41) is 0. The quantitative estimate of drug-likeness (QED) is 0.880. The molecule has 1 saturated heterocycles. The lowest BCUT2D eigenvalue weighted by molar-refractivity contribution is -0.120. The molecule has 0 radical (unpaired) electrons. The van der Waals surface area contributed by atoms with E-state index in [1.165, 1.54) is 62.7 Å². The smallest absolute Gasteiger partial charge is 0.0686 e. The molecule has 2 unspecified atom stereocenters. The van der Waals surface area contributed by atoms with Crippen LogP contribution in [0.2, 0.25) is 0 Å². The second-order valence-corrected chi connectivity index (χ2v) is 8.49. The van der Waals surface area contributed by atoms with E-state index >= 15 is 0 Å². The summed E-state index contributed by atoms with van der Waals surface area (Å²) < 4.78 is 6.23. The van der Waals surface area contributed by atoms with Crippen molar-refractivity contribution >= 4 is 11.3 Å². The van der Waals surface area contributed by atoms with E-state index in [-0.39, 0.29) is 11.6 Å². The summed E-state index contributed by atoms with van der Waals surface area (Å²) >= 11 is 1.99. The summed E-state index contributed by atoms with van der Waals surface area (Å²) in [4.78, 5) is 3.05. The Bertz CT molecular complexity index is 476. The third-order valence-corrected chi connectivity index (χ3v) is 7.24. The van der Waals surface area contributed by atoms with Gasteiger partial charge < -0.3 is 10.5 Å². The molecule has 1 aromatic rings. The van der Waals surface area contributed by atoms with Gasteiger partial charge in [-0.05, 0) is 62.5 Å². The maximum Gasteiger partial charge on any atom is 0.0686 e. The molecule has 2 N–H and O–H groups in total. The Kier molecular flexibility index (Phi) is 3.85. The Morgan fingerprint density at radius 2 is 2.05 bits per heavy atom. The molecule has 116 valence electrons. The number of ether oxygens (including phenoxy) is 1. The van der Waals surface area contributed by atoms with E-state index in [0.717, 1.165) is 13.0 Å². The van der Waals surface area contributed by atoms with Gasteiger partial charge in [-0.25, -0.2) is 0 Å². The highest BCUT2D eigenvalue weighted by Gasteiger charge is 2.40. The first-order valence-electron chi connectivity index (χ1n) is 8.77. The van der Waals surface area contributed by atoms with Crippen molar-refractivity contribution in [3.05, 3.63) is 21.4 Å². The molecule has 2 aliphatic carbocycles. The van der Waals surface area contributed by atoms with Gasteiger partial charge in [0, 0.05) is 22.4 Å². The molecule has 1 saturated carbocycles.